The monoisotopic (exact) mass is 1090 g/mol. The predicted molar refractivity (Wildman–Crippen MR) is 329 cm³/mol. The Morgan fingerprint density at radius 3 is 1.10 bits per heavy atom. The molecule has 0 fully saturated rings. The van der Waals surface area contributed by atoms with E-state index in [-0.39, 0.29) is 38.6 Å². The lowest BCUT2D eigenvalue weighted by Gasteiger charge is -2.26. The first-order valence-corrected chi connectivity index (χ1v) is 31.2. The minimum absolute atomic E-state index is 0.139. The number of likely N-dealkylation sites (N-methyl/N-ethyl adjacent to an activating group) is 1. The molecule has 444 valence electrons. The van der Waals surface area contributed by atoms with Gasteiger partial charge in [-0.25, -0.2) is 0 Å². The summed E-state index contributed by atoms with van der Waals surface area (Å²) in [5.41, 5.74) is 0. The first-order chi connectivity index (χ1) is 38.1. The molecule has 0 radical (unpaired) electrons. The summed E-state index contributed by atoms with van der Waals surface area (Å²) in [6.07, 6.45) is 79.6. The molecule has 0 heterocycles. The van der Waals surface area contributed by atoms with Crippen molar-refractivity contribution in [2.24, 2.45) is 0 Å². The van der Waals surface area contributed by atoms with E-state index in [0.717, 1.165) is 116 Å². The second kappa shape index (κ2) is 58.8. The lowest BCUT2D eigenvalue weighted by atomic mass is 10.1. The number of aliphatic carboxylic acids is 1. The van der Waals surface area contributed by atoms with Gasteiger partial charge < -0.3 is 33.3 Å². The van der Waals surface area contributed by atoms with Gasteiger partial charge in [0.25, 0.3) is 0 Å². The van der Waals surface area contributed by atoms with Crippen molar-refractivity contribution in [3.63, 3.8) is 0 Å². The Hall–Kier alpha value is -4.31. The summed E-state index contributed by atoms with van der Waals surface area (Å²) in [6.45, 7) is 4.61. The number of quaternary nitrogens is 1. The van der Waals surface area contributed by atoms with E-state index in [2.05, 4.69) is 135 Å². The summed E-state index contributed by atoms with van der Waals surface area (Å²) in [4.78, 5) is 37.3. The van der Waals surface area contributed by atoms with E-state index >= 15 is 0 Å². The van der Waals surface area contributed by atoms with Crippen LogP contribution in [0, 0.1) is 0 Å². The number of carboxylic acid groups (broad SMARTS) is 1. The van der Waals surface area contributed by atoms with Gasteiger partial charge in [-0.2, -0.15) is 0 Å². The molecule has 0 aromatic carbocycles. The minimum Gasteiger partial charge on any atom is -0.545 e. The molecule has 0 aliphatic heterocycles. The molecule has 0 N–H and O–H groups in total. The van der Waals surface area contributed by atoms with Crippen LogP contribution in [0.2, 0.25) is 0 Å². The zero-order valence-electron chi connectivity index (χ0n) is 50.5. The summed E-state index contributed by atoms with van der Waals surface area (Å²) in [7, 11) is 5.91. The van der Waals surface area contributed by atoms with Crippen molar-refractivity contribution in [1.29, 1.82) is 0 Å². The van der Waals surface area contributed by atoms with E-state index in [1.165, 1.54) is 89.9 Å². The summed E-state index contributed by atoms with van der Waals surface area (Å²) in [6, 6.07) is 0. The fourth-order valence-corrected chi connectivity index (χ4v) is 8.17. The van der Waals surface area contributed by atoms with E-state index in [1.54, 1.807) is 0 Å². The Kier molecular flexibility index (Phi) is 55.6. The molecule has 0 aliphatic carbocycles. The van der Waals surface area contributed by atoms with Crippen molar-refractivity contribution in [3.8, 4) is 0 Å². The van der Waals surface area contributed by atoms with E-state index in [0.29, 0.717) is 17.4 Å². The smallest absolute Gasteiger partial charge is 0.306 e. The summed E-state index contributed by atoms with van der Waals surface area (Å²) >= 11 is 0. The highest BCUT2D eigenvalue weighted by Crippen LogP contribution is 2.15. The third kappa shape index (κ3) is 59.4. The average Bonchev–Trinajstić information content (AvgIpc) is 3.41. The Labute approximate surface area is 478 Å². The molecule has 9 heteroatoms. The summed E-state index contributed by atoms with van der Waals surface area (Å²) < 4.78 is 22.7. The lowest BCUT2D eigenvalue weighted by molar-refractivity contribution is -0.870. The Morgan fingerprint density at radius 2 is 0.731 bits per heavy atom. The zero-order valence-corrected chi connectivity index (χ0v) is 50.5. The molecule has 0 bridgehead atoms. The molecule has 78 heavy (non-hydrogen) atoms. The van der Waals surface area contributed by atoms with Crippen LogP contribution in [-0.4, -0.2) is 82.3 Å². The molecule has 0 saturated carbocycles. The summed E-state index contributed by atoms with van der Waals surface area (Å²) in [5, 5.41) is 11.8. The fraction of sp³-hybridized carbons (Fsp3) is 0.667. The SMILES string of the molecule is CC/C=C\C/C=C\C/C=C\C/C=C\C/C=C\C/C=C\C/C=C\C/C=C\C/C=C\CCCCCCCCCC(=O)OC(COC(=O)CCCCCCCCC/C=C\CCCCCCCCC)COC(OCC[N+](C)(C)C)C(=O)[O-]. The maximum absolute atomic E-state index is 12.9. The number of esters is 2. The molecular formula is C69H115NO8. The van der Waals surface area contributed by atoms with Gasteiger partial charge >= 0.3 is 11.9 Å². The van der Waals surface area contributed by atoms with Crippen molar-refractivity contribution in [2.45, 2.75) is 251 Å². The maximum Gasteiger partial charge on any atom is 0.306 e. The van der Waals surface area contributed by atoms with Crippen LogP contribution in [-0.2, 0) is 33.3 Å². The van der Waals surface area contributed by atoms with Crippen LogP contribution in [0.5, 0.6) is 0 Å². The predicted octanol–water partition coefficient (Wildman–Crippen LogP) is 17.5. The zero-order chi connectivity index (χ0) is 56.9. The number of carbonyl (C=O) groups is 3. The van der Waals surface area contributed by atoms with Crippen molar-refractivity contribution in [1.82, 2.24) is 0 Å². The Bertz CT molecular complexity index is 1690. The van der Waals surface area contributed by atoms with Gasteiger partial charge in [0.1, 0.15) is 13.2 Å². The van der Waals surface area contributed by atoms with Gasteiger partial charge in [-0.05, 0) is 109 Å². The largest absolute Gasteiger partial charge is 0.545 e. The van der Waals surface area contributed by atoms with Crippen LogP contribution in [0.25, 0.3) is 0 Å². The highest BCUT2D eigenvalue weighted by molar-refractivity contribution is 5.70. The van der Waals surface area contributed by atoms with Gasteiger partial charge in [0, 0.05) is 12.8 Å². The average molecular weight is 1090 g/mol. The number of carbonyl (C=O) groups excluding carboxylic acids is 3. The van der Waals surface area contributed by atoms with Gasteiger partial charge in [-0.15, -0.1) is 0 Å². The highest BCUT2D eigenvalue weighted by Gasteiger charge is 2.22. The normalized spacial score (nSPS) is 13.6. The molecule has 0 spiro atoms. The number of hydrogen-bond acceptors (Lipinski definition) is 8. The molecule has 0 rings (SSSR count). The van der Waals surface area contributed by atoms with Crippen molar-refractivity contribution in [2.75, 3.05) is 47.5 Å². The van der Waals surface area contributed by atoms with Gasteiger partial charge in [-0.1, -0.05) is 238 Å². The lowest BCUT2D eigenvalue weighted by Crippen LogP contribution is -2.44. The number of nitrogens with zero attached hydrogens (tertiary/aromatic N) is 1. The highest BCUT2D eigenvalue weighted by atomic mass is 16.7. The quantitative estimate of drug-likeness (QED) is 0.0195. The van der Waals surface area contributed by atoms with E-state index in [9.17, 15) is 19.5 Å². The molecule has 0 aromatic rings. The van der Waals surface area contributed by atoms with E-state index in [1.807, 2.05) is 21.1 Å². The van der Waals surface area contributed by atoms with Crippen LogP contribution in [0.1, 0.15) is 239 Å². The van der Waals surface area contributed by atoms with E-state index < -0.39 is 24.3 Å². The number of allylic oxidation sites excluding steroid dienone is 20. The Morgan fingerprint density at radius 1 is 0.397 bits per heavy atom. The van der Waals surface area contributed by atoms with Gasteiger partial charge in [0.15, 0.2) is 12.4 Å². The molecule has 2 unspecified atom stereocenters. The second-order valence-corrected chi connectivity index (χ2v) is 21.6. The molecular weight excluding hydrogens is 971 g/mol. The van der Waals surface area contributed by atoms with Crippen LogP contribution in [0.3, 0.4) is 0 Å². The van der Waals surface area contributed by atoms with E-state index in [4.69, 9.17) is 18.9 Å². The van der Waals surface area contributed by atoms with Gasteiger partial charge in [0.2, 0.25) is 0 Å². The number of hydrogen-bond donors (Lipinski definition) is 0. The maximum atomic E-state index is 12.9. The second-order valence-electron chi connectivity index (χ2n) is 21.6. The number of carboxylic acids is 1. The first kappa shape index (κ1) is 73.7. The summed E-state index contributed by atoms with van der Waals surface area (Å²) in [5.74, 6) is -2.31. The van der Waals surface area contributed by atoms with Crippen LogP contribution in [0.4, 0.5) is 0 Å². The molecule has 0 saturated heterocycles. The molecule has 9 nitrogen and oxygen atoms in total. The van der Waals surface area contributed by atoms with Crippen LogP contribution in [0.15, 0.2) is 122 Å². The van der Waals surface area contributed by atoms with Crippen molar-refractivity contribution < 1.29 is 42.9 Å². The van der Waals surface area contributed by atoms with Crippen molar-refractivity contribution in [3.05, 3.63) is 122 Å². The Balaban J connectivity index is 4.25. The molecule has 2 atom stereocenters. The number of ether oxygens (including phenoxy) is 4. The molecule has 0 amide bonds. The first-order valence-electron chi connectivity index (χ1n) is 31.2. The molecule has 0 aliphatic rings. The fourth-order valence-electron chi connectivity index (χ4n) is 8.17. The third-order valence-corrected chi connectivity index (χ3v) is 12.9. The van der Waals surface area contributed by atoms with Crippen LogP contribution < -0.4 is 5.11 Å². The van der Waals surface area contributed by atoms with Crippen LogP contribution >= 0.6 is 0 Å². The number of rotatable bonds is 56. The topological polar surface area (TPSA) is 111 Å². The molecule has 0 aromatic heterocycles. The van der Waals surface area contributed by atoms with Crippen molar-refractivity contribution >= 4 is 17.9 Å². The standard InChI is InChI=1S/C69H115NO8/c1-6-8-10-12-14-16-18-20-22-24-26-27-28-29-30-31-32-33-34-35-36-37-38-39-40-41-42-44-46-48-50-52-54-56-58-60-67(72)78-65(64-77-69(68(73)74)75-62-61-70(3,4)5)63-76-66(71)59-57-55-53-51-49-47-45-43-25-23-21-19-17-15-13-11-9-7-2/h8,10,14,16,20,22-23,25-27,29-30,32-33,35-36,38-39,41-42,65,69H,6-7,9,11-13,15,17-19,21,24,28,31,34,37,40,43-64H2,1-5H3/b10-8-,16-14-,22-20-,25-23-,27-26-,30-29-,33-32-,36-35-,39-38-,42-41-. The minimum atomic E-state index is -1.63. The number of unbranched alkanes of at least 4 members (excludes halogenated alkanes) is 21. The van der Waals surface area contributed by atoms with Gasteiger partial charge in [0.05, 0.1) is 40.3 Å². The third-order valence-electron chi connectivity index (χ3n) is 12.9. The van der Waals surface area contributed by atoms with Gasteiger partial charge in [-0.3, -0.25) is 9.59 Å².